The van der Waals surface area contributed by atoms with Crippen molar-refractivity contribution in [3.05, 3.63) is 29.3 Å². The zero-order valence-electron chi connectivity index (χ0n) is 9.79. The first-order valence-electron chi connectivity index (χ1n) is 5.78. The summed E-state index contributed by atoms with van der Waals surface area (Å²) in [5.41, 5.74) is 4.17. The maximum Gasteiger partial charge on any atom is 0.0576 e. The van der Waals surface area contributed by atoms with Crippen molar-refractivity contribution in [1.29, 1.82) is 0 Å². The monoisotopic (exact) mass is 214 g/mol. The molecule has 0 saturated heterocycles. The molecule has 2 heteroatoms. The highest BCUT2D eigenvalue weighted by molar-refractivity contribution is 5.56. The summed E-state index contributed by atoms with van der Waals surface area (Å²) in [4.78, 5) is 2.33. The van der Waals surface area contributed by atoms with Crippen molar-refractivity contribution < 1.29 is 0 Å². The van der Waals surface area contributed by atoms with Crippen LogP contribution in [0.1, 0.15) is 17.5 Å². The normalized spacial score (nSPS) is 14.4. The van der Waals surface area contributed by atoms with Gasteiger partial charge in [-0.2, -0.15) is 0 Å². The van der Waals surface area contributed by atoms with E-state index in [4.69, 9.17) is 6.42 Å². The molecule has 1 aliphatic heterocycles. The van der Waals surface area contributed by atoms with Crippen LogP contribution in [-0.4, -0.2) is 20.1 Å². The van der Waals surface area contributed by atoms with Crippen molar-refractivity contribution in [2.24, 2.45) is 0 Å². The van der Waals surface area contributed by atoms with Crippen LogP contribution in [-0.2, 0) is 13.0 Å². The molecule has 16 heavy (non-hydrogen) atoms. The SMILES string of the molecule is C#CCNCc1ccc2c(c1)CCCN2C. The van der Waals surface area contributed by atoms with Crippen LogP contribution in [0.2, 0.25) is 0 Å². The van der Waals surface area contributed by atoms with E-state index >= 15 is 0 Å². The van der Waals surface area contributed by atoms with Gasteiger partial charge in [-0.05, 0) is 30.0 Å². The van der Waals surface area contributed by atoms with Gasteiger partial charge in [0.1, 0.15) is 0 Å². The minimum Gasteiger partial charge on any atom is -0.374 e. The Morgan fingerprint density at radius 3 is 3.19 bits per heavy atom. The van der Waals surface area contributed by atoms with Crippen LogP contribution in [0.3, 0.4) is 0 Å². The summed E-state index contributed by atoms with van der Waals surface area (Å²) < 4.78 is 0. The van der Waals surface area contributed by atoms with Gasteiger partial charge in [-0.3, -0.25) is 0 Å². The number of fused-ring (bicyclic) bond motifs is 1. The van der Waals surface area contributed by atoms with E-state index in [1.807, 2.05) is 0 Å². The highest BCUT2D eigenvalue weighted by Gasteiger charge is 2.13. The van der Waals surface area contributed by atoms with Gasteiger partial charge in [-0.1, -0.05) is 18.1 Å². The molecule has 0 aromatic heterocycles. The fraction of sp³-hybridized carbons (Fsp3) is 0.429. The molecular weight excluding hydrogens is 196 g/mol. The summed E-state index contributed by atoms with van der Waals surface area (Å²) in [7, 11) is 2.16. The number of benzene rings is 1. The number of anilines is 1. The van der Waals surface area contributed by atoms with E-state index < -0.39 is 0 Å². The fourth-order valence-corrected chi connectivity index (χ4v) is 2.23. The summed E-state index contributed by atoms with van der Waals surface area (Å²) in [6.07, 6.45) is 7.65. The van der Waals surface area contributed by atoms with Gasteiger partial charge in [0.25, 0.3) is 0 Å². The second-order valence-electron chi connectivity index (χ2n) is 4.30. The molecule has 0 saturated carbocycles. The maximum absolute atomic E-state index is 5.20. The van der Waals surface area contributed by atoms with Crippen molar-refractivity contribution in [3.63, 3.8) is 0 Å². The number of rotatable bonds is 3. The van der Waals surface area contributed by atoms with Gasteiger partial charge in [0.15, 0.2) is 0 Å². The molecule has 0 amide bonds. The minimum absolute atomic E-state index is 0.636. The smallest absolute Gasteiger partial charge is 0.0576 e. The van der Waals surface area contributed by atoms with Gasteiger partial charge in [0.05, 0.1) is 6.54 Å². The minimum atomic E-state index is 0.636. The first kappa shape index (κ1) is 11.0. The Labute approximate surface area is 97.7 Å². The fourth-order valence-electron chi connectivity index (χ4n) is 2.23. The Hall–Kier alpha value is -1.46. The zero-order valence-corrected chi connectivity index (χ0v) is 9.79. The Morgan fingerprint density at radius 2 is 2.38 bits per heavy atom. The predicted molar refractivity (Wildman–Crippen MR) is 68.6 cm³/mol. The highest BCUT2D eigenvalue weighted by atomic mass is 15.1. The molecule has 0 bridgehead atoms. The van der Waals surface area contributed by atoms with Crippen molar-refractivity contribution in [2.75, 3.05) is 25.0 Å². The third-order valence-corrected chi connectivity index (χ3v) is 3.05. The van der Waals surface area contributed by atoms with Gasteiger partial charge in [0.2, 0.25) is 0 Å². The van der Waals surface area contributed by atoms with E-state index in [1.54, 1.807) is 0 Å². The molecular formula is C14H18N2. The standard InChI is InChI=1S/C14H18N2/c1-3-8-15-11-12-6-7-14-13(10-12)5-4-9-16(14)2/h1,6-7,10,15H,4-5,8-9,11H2,2H3. The number of hydrogen-bond donors (Lipinski definition) is 1. The largest absolute Gasteiger partial charge is 0.374 e. The molecule has 0 aliphatic carbocycles. The third kappa shape index (κ3) is 2.37. The van der Waals surface area contributed by atoms with Gasteiger partial charge in [-0.25, -0.2) is 0 Å². The number of nitrogens with zero attached hydrogens (tertiary/aromatic N) is 1. The van der Waals surface area contributed by atoms with Crippen LogP contribution in [0.4, 0.5) is 5.69 Å². The molecule has 0 fully saturated rings. The van der Waals surface area contributed by atoms with Gasteiger partial charge < -0.3 is 10.2 Å². The van der Waals surface area contributed by atoms with Crippen LogP contribution < -0.4 is 10.2 Å². The number of aryl methyl sites for hydroxylation is 1. The Bertz CT molecular complexity index is 404. The lowest BCUT2D eigenvalue weighted by Crippen LogP contribution is -2.24. The quantitative estimate of drug-likeness (QED) is 0.609. The summed E-state index contributed by atoms with van der Waals surface area (Å²) in [5.74, 6) is 2.59. The molecule has 1 aromatic rings. The molecule has 0 atom stereocenters. The predicted octanol–water partition coefficient (Wildman–Crippen LogP) is 1.79. The average molecular weight is 214 g/mol. The molecule has 1 heterocycles. The van der Waals surface area contributed by atoms with Crippen molar-refractivity contribution in [3.8, 4) is 12.3 Å². The Morgan fingerprint density at radius 1 is 1.50 bits per heavy atom. The molecule has 0 radical (unpaired) electrons. The van der Waals surface area contributed by atoms with E-state index in [0.717, 1.165) is 6.54 Å². The molecule has 1 aromatic carbocycles. The second kappa shape index (κ2) is 5.05. The van der Waals surface area contributed by atoms with E-state index in [9.17, 15) is 0 Å². The van der Waals surface area contributed by atoms with Crippen LogP contribution in [0.5, 0.6) is 0 Å². The van der Waals surface area contributed by atoms with Crippen molar-refractivity contribution in [1.82, 2.24) is 5.32 Å². The van der Waals surface area contributed by atoms with E-state index in [-0.39, 0.29) is 0 Å². The number of hydrogen-bond acceptors (Lipinski definition) is 2. The van der Waals surface area contributed by atoms with E-state index in [2.05, 4.69) is 41.4 Å². The van der Waals surface area contributed by atoms with Crippen LogP contribution in [0, 0.1) is 12.3 Å². The molecule has 1 N–H and O–H groups in total. The van der Waals surface area contributed by atoms with Gasteiger partial charge >= 0.3 is 0 Å². The maximum atomic E-state index is 5.20. The zero-order chi connectivity index (χ0) is 11.4. The van der Waals surface area contributed by atoms with Crippen LogP contribution in [0.15, 0.2) is 18.2 Å². The van der Waals surface area contributed by atoms with Crippen LogP contribution in [0.25, 0.3) is 0 Å². The van der Waals surface area contributed by atoms with Gasteiger partial charge in [0, 0.05) is 25.8 Å². The lowest BCUT2D eigenvalue weighted by Gasteiger charge is -2.27. The summed E-state index contributed by atoms with van der Waals surface area (Å²) in [6.45, 7) is 2.67. The van der Waals surface area contributed by atoms with E-state index in [0.29, 0.717) is 6.54 Å². The Kier molecular flexibility index (Phi) is 3.48. The van der Waals surface area contributed by atoms with Crippen LogP contribution >= 0.6 is 0 Å². The number of terminal acetylenes is 1. The first-order chi connectivity index (χ1) is 7.81. The molecule has 0 spiro atoms. The summed E-state index contributed by atoms with van der Waals surface area (Å²) in [5, 5.41) is 3.22. The lowest BCUT2D eigenvalue weighted by molar-refractivity contribution is 0.734. The second-order valence-corrected chi connectivity index (χ2v) is 4.30. The van der Waals surface area contributed by atoms with Crippen molar-refractivity contribution >= 4 is 5.69 Å². The lowest BCUT2D eigenvalue weighted by atomic mass is 9.99. The molecule has 2 nitrogen and oxygen atoms in total. The Balaban J connectivity index is 2.10. The topological polar surface area (TPSA) is 15.3 Å². The average Bonchev–Trinajstić information content (AvgIpc) is 2.30. The summed E-state index contributed by atoms with van der Waals surface area (Å²) in [6, 6.07) is 6.71. The highest BCUT2D eigenvalue weighted by Crippen LogP contribution is 2.26. The summed E-state index contributed by atoms with van der Waals surface area (Å²) >= 11 is 0. The van der Waals surface area contributed by atoms with Gasteiger partial charge in [-0.15, -0.1) is 6.42 Å². The molecule has 0 unspecified atom stereocenters. The molecule has 2 rings (SSSR count). The van der Waals surface area contributed by atoms with Crippen molar-refractivity contribution in [2.45, 2.75) is 19.4 Å². The first-order valence-corrected chi connectivity index (χ1v) is 5.78. The molecule has 1 aliphatic rings. The third-order valence-electron chi connectivity index (χ3n) is 3.05. The number of nitrogens with one attached hydrogen (secondary N) is 1. The molecule has 84 valence electrons. The van der Waals surface area contributed by atoms with E-state index in [1.165, 1.54) is 36.2 Å².